The van der Waals surface area contributed by atoms with Gasteiger partial charge in [-0.15, -0.1) is 0 Å². The number of nitrogens with zero attached hydrogens (tertiary/aromatic N) is 2. The monoisotopic (exact) mass is 246 g/mol. The fourth-order valence-electron chi connectivity index (χ4n) is 1.06. The molecule has 0 bridgehead atoms. The van der Waals surface area contributed by atoms with Gasteiger partial charge in [-0.1, -0.05) is 25.1 Å². The Hall–Kier alpha value is -0.620. The van der Waals surface area contributed by atoms with E-state index in [0.717, 1.165) is 17.2 Å². The molecule has 0 N–H and O–H groups in total. The molecule has 0 saturated carbocycles. The van der Waals surface area contributed by atoms with Gasteiger partial charge in [0.25, 0.3) is 0 Å². The summed E-state index contributed by atoms with van der Waals surface area (Å²) in [5.74, 6) is -0.153. The highest BCUT2D eigenvalue weighted by Gasteiger charge is 2.21. The first kappa shape index (κ1) is 12.4. The number of aromatic nitrogens is 2. The fraction of sp³-hybridized carbons (Fsp3) is 0.667. The quantitative estimate of drug-likeness (QED) is 0.569. The van der Waals surface area contributed by atoms with Crippen LogP contribution in [0.4, 0.5) is 0 Å². The van der Waals surface area contributed by atoms with Crippen molar-refractivity contribution >= 4 is 29.3 Å². The number of hydrogen-bond acceptors (Lipinski definition) is 6. The van der Waals surface area contributed by atoms with Crippen LogP contribution in [0, 0.1) is 0 Å². The van der Waals surface area contributed by atoms with E-state index in [1.165, 1.54) is 29.6 Å². The summed E-state index contributed by atoms with van der Waals surface area (Å²) in [7, 11) is 0. The number of rotatable bonds is 6. The number of thioether (sulfide) groups is 1. The molecular weight excluding hydrogens is 232 g/mol. The Balaban J connectivity index is 2.53. The van der Waals surface area contributed by atoms with E-state index in [9.17, 15) is 4.79 Å². The lowest BCUT2D eigenvalue weighted by Crippen LogP contribution is -2.19. The Morgan fingerprint density at radius 1 is 1.67 bits per heavy atom. The standard InChI is InChI=1S/C9H14N2O2S2/c1-3-5-7(8(12)13-4-2)14-9-10-6-11-15-9/h6-7H,3-5H2,1-2H3. The molecule has 1 heterocycles. The van der Waals surface area contributed by atoms with Crippen molar-refractivity contribution in [2.75, 3.05) is 6.61 Å². The van der Waals surface area contributed by atoms with Gasteiger partial charge in [0.15, 0.2) is 4.34 Å². The number of esters is 1. The van der Waals surface area contributed by atoms with Crippen LogP contribution in [0.3, 0.4) is 0 Å². The summed E-state index contributed by atoms with van der Waals surface area (Å²) < 4.78 is 9.72. The van der Waals surface area contributed by atoms with Crippen LogP contribution in [0.25, 0.3) is 0 Å². The Bertz CT molecular complexity index is 290. The smallest absolute Gasteiger partial charge is 0.319 e. The topological polar surface area (TPSA) is 52.1 Å². The molecule has 0 aliphatic heterocycles. The second kappa shape index (κ2) is 6.79. The van der Waals surface area contributed by atoms with Crippen molar-refractivity contribution in [3.05, 3.63) is 6.33 Å². The highest BCUT2D eigenvalue weighted by molar-refractivity contribution is 8.02. The largest absolute Gasteiger partial charge is 0.465 e. The second-order valence-electron chi connectivity index (χ2n) is 2.85. The summed E-state index contributed by atoms with van der Waals surface area (Å²) in [5, 5.41) is -0.150. The van der Waals surface area contributed by atoms with Crippen molar-refractivity contribution in [1.29, 1.82) is 0 Å². The Morgan fingerprint density at radius 3 is 3.00 bits per heavy atom. The van der Waals surface area contributed by atoms with Crippen molar-refractivity contribution < 1.29 is 9.53 Å². The van der Waals surface area contributed by atoms with Gasteiger partial charge in [-0.25, -0.2) is 4.98 Å². The average Bonchev–Trinajstić information content (AvgIpc) is 2.70. The third-order valence-corrected chi connectivity index (χ3v) is 3.68. The van der Waals surface area contributed by atoms with Crippen LogP contribution in [0.1, 0.15) is 26.7 Å². The summed E-state index contributed by atoms with van der Waals surface area (Å²) in [6.07, 6.45) is 3.26. The van der Waals surface area contributed by atoms with E-state index in [-0.39, 0.29) is 11.2 Å². The van der Waals surface area contributed by atoms with E-state index in [2.05, 4.69) is 9.36 Å². The number of carbonyl (C=O) groups excluding carboxylic acids is 1. The molecule has 15 heavy (non-hydrogen) atoms. The van der Waals surface area contributed by atoms with Crippen molar-refractivity contribution in [2.24, 2.45) is 0 Å². The van der Waals surface area contributed by atoms with E-state index in [1.54, 1.807) is 0 Å². The zero-order chi connectivity index (χ0) is 11.1. The van der Waals surface area contributed by atoms with Gasteiger partial charge in [-0.2, -0.15) is 4.37 Å². The normalized spacial score (nSPS) is 12.4. The SMILES string of the molecule is CCCC(Sc1ncns1)C(=O)OCC. The van der Waals surface area contributed by atoms with Gasteiger partial charge in [0.05, 0.1) is 6.61 Å². The molecule has 6 heteroatoms. The van der Waals surface area contributed by atoms with Crippen LogP contribution in [0.5, 0.6) is 0 Å². The molecule has 84 valence electrons. The zero-order valence-corrected chi connectivity index (χ0v) is 10.4. The van der Waals surface area contributed by atoms with E-state index >= 15 is 0 Å². The first-order valence-corrected chi connectivity index (χ1v) is 6.53. The molecule has 0 amide bonds. The molecule has 1 unspecified atom stereocenters. The van der Waals surface area contributed by atoms with Gasteiger partial charge in [-0.3, -0.25) is 4.79 Å². The molecular formula is C9H14N2O2S2. The summed E-state index contributed by atoms with van der Waals surface area (Å²) in [4.78, 5) is 15.6. The van der Waals surface area contributed by atoms with E-state index in [1.807, 2.05) is 13.8 Å². The van der Waals surface area contributed by atoms with Gasteiger partial charge in [0.2, 0.25) is 0 Å². The lowest BCUT2D eigenvalue weighted by atomic mass is 10.2. The third-order valence-electron chi connectivity index (χ3n) is 1.68. The first-order valence-electron chi connectivity index (χ1n) is 4.87. The summed E-state index contributed by atoms with van der Waals surface area (Å²) in [6, 6.07) is 0. The Labute approximate surface area is 97.6 Å². The van der Waals surface area contributed by atoms with E-state index in [0.29, 0.717) is 6.61 Å². The maximum Gasteiger partial charge on any atom is 0.319 e. The Kier molecular flexibility index (Phi) is 5.63. The van der Waals surface area contributed by atoms with Crippen LogP contribution in [0.2, 0.25) is 0 Å². The van der Waals surface area contributed by atoms with Crippen LogP contribution in [0.15, 0.2) is 10.7 Å². The molecule has 1 aromatic rings. The molecule has 1 atom stereocenters. The molecule has 0 spiro atoms. The molecule has 1 aromatic heterocycles. The van der Waals surface area contributed by atoms with Crippen molar-refractivity contribution in [3.8, 4) is 0 Å². The molecule has 1 rings (SSSR count). The molecule has 4 nitrogen and oxygen atoms in total. The van der Waals surface area contributed by atoms with Gasteiger partial charge >= 0.3 is 5.97 Å². The van der Waals surface area contributed by atoms with Crippen LogP contribution in [-0.4, -0.2) is 27.2 Å². The molecule has 0 fully saturated rings. The third kappa shape index (κ3) is 4.17. The first-order chi connectivity index (χ1) is 7.27. The van der Waals surface area contributed by atoms with Gasteiger partial charge in [-0.05, 0) is 24.9 Å². The predicted octanol–water partition coefficient (Wildman–Crippen LogP) is 2.36. The molecule has 0 saturated heterocycles. The van der Waals surface area contributed by atoms with Crippen molar-refractivity contribution in [1.82, 2.24) is 9.36 Å². The van der Waals surface area contributed by atoms with Crippen LogP contribution >= 0.6 is 23.3 Å². The summed E-state index contributed by atoms with van der Waals surface area (Å²) >= 11 is 2.75. The fourth-order valence-corrected chi connectivity index (χ4v) is 2.86. The average molecular weight is 246 g/mol. The summed E-state index contributed by atoms with van der Waals surface area (Å²) in [6.45, 7) is 4.29. The highest BCUT2D eigenvalue weighted by Crippen LogP contribution is 2.27. The maximum absolute atomic E-state index is 11.6. The minimum Gasteiger partial charge on any atom is -0.465 e. The predicted molar refractivity (Wildman–Crippen MR) is 61.1 cm³/mol. The molecule has 0 aromatic carbocycles. The molecule has 0 aliphatic rings. The van der Waals surface area contributed by atoms with Crippen LogP contribution in [-0.2, 0) is 9.53 Å². The van der Waals surface area contributed by atoms with Crippen molar-refractivity contribution in [2.45, 2.75) is 36.3 Å². The van der Waals surface area contributed by atoms with E-state index < -0.39 is 0 Å². The lowest BCUT2D eigenvalue weighted by Gasteiger charge is -2.11. The van der Waals surface area contributed by atoms with E-state index in [4.69, 9.17) is 4.74 Å². The van der Waals surface area contributed by atoms with Crippen molar-refractivity contribution in [3.63, 3.8) is 0 Å². The van der Waals surface area contributed by atoms with Gasteiger partial charge < -0.3 is 4.74 Å². The number of ether oxygens (including phenoxy) is 1. The highest BCUT2D eigenvalue weighted by atomic mass is 32.2. The molecule has 0 radical (unpaired) electrons. The zero-order valence-electron chi connectivity index (χ0n) is 8.80. The molecule has 0 aliphatic carbocycles. The Morgan fingerprint density at radius 2 is 2.47 bits per heavy atom. The minimum absolute atomic E-state index is 0.150. The number of carbonyl (C=O) groups is 1. The lowest BCUT2D eigenvalue weighted by molar-refractivity contribution is -0.142. The second-order valence-corrected chi connectivity index (χ2v) is 5.08. The number of hydrogen-bond donors (Lipinski definition) is 0. The minimum atomic E-state index is -0.153. The van der Waals surface area contributed by atoms with Crippen LogP contribution < -0.4 is 0 Å². The maximum atomic E-state index is 11.6. The van der Waals surface area contributed by atoms with Gasteiger partial charge in [0, 0.05) is 0 Å². The van der Waals surface area contributed by atoms with Gasteiger partial charge in [0.1, 0.15) is 11.6 Å². The summed E-state index contributed by atoms with van der Waals surface area (Å²) in [5.41, 5.74) is 0.